The van der Waals surface area contributed by atoms with E-state index in [4.69, 9.17) is 28.9 Å². The van der Waals surface area contributed by atoms with Gasteiger partial charge in [-0.25, -0.2) is 13.6 Å². The van der Waals surface area contributed by atoms with Gasteiger partial charge in [0.25, 0.3) is 5.91 Å². The number of nitrogens with zero attached hydrogens (tertiary/aromatic N) is 1. The lowest BCUT2D eigenvalue weighted by atomic mass is 10.1. The number of benzene rings is 2. The molecule has 0 aliphatic carbocycles. The molecule has 0 aliphatic rings. The molecule has 14 heteroatoms. The molecule has 0 radical (unpaired) electrons. The summed E-state index contributed by atoms with van der Waals surface area (Å²) < 4.78 is 66.4. The van der Waals surface area contributed by atoms with E-state index < -0.39 is 57.3 Å². The SMILES string of the molecule is Nc1ccc(F)c(C(=O)NC(=O)Nc2ccc(Cl)c(-c3ncc(C(F)(F)F)cc3Cl)c2O)c1F. The number of imide groups is 1. The predicted octanol–water partition coefficient (Wildman–Crippen LogP) is 5.60. The Morgan fingerprint density at radius 2 is 1.74 bits per heavy atom. The number of nitrogen functional groups attached to an aromatic ring is 1. The molecule has 0 aliphatic heterocycles. The van der Waals surface area contributed by atoms with Gasteiger partial charge < -0.3 is 16.2 Å². The first kappa shape index (κ1) is 25.0. The van der Waals surface area contributed by atoms with E-state index in [0.717, 1.165) is 24.3 Å². The summed E-state index contributed by atoms with van der Waals surface area (Å²) >= 11 is 11.9. The molecule has 3 aromatic rings. The molecule has 3 rings (SSSR count). The number of phenolic OH excluding ortho intramolecular Hbond substituents is 1. The average molecular weight is 521 g/mol. The van der Waals surface area contributed by atoms with Crippen molar-refractivity contribution in [2.75, 3.05) is 11.1 Å². The fourth-order valence-corrected chi connectivity index (χ4v) is 3.27. The molecule has 1 aromatic heterocycles. The highest BCUT2D eigenvalue weighted by atomic mass is 35.5. The summed E-state index contributed by atoms with van der Waals surface area (Å²) in [6.45, 7) is 0. The van der Waals surface area contributed by atoms with Crippen LogP contribution in [0.5, 0.6) is 5.75 Å². The van der Waals surface area contributed by atoms with E-state index in [1.165, 1.54) is 0 Å². The maximum Gasteiger partial charge on any atom is 0.417 e. The Hall–Kier alpha value is -3.64. The van der Waals surface area contributed by atoms with Crippen LogP contribution in [0.25, 0.3) is 11.3 Å². The van der Waals surface area contributed by atoms with Crippen LogP contribution in [0.1, 0.15) is 15.9 Å². The Bertz CT molecular complexity index is 1320. The monoisotopic (exact) mass is 520 g/mol. The number of urea groups is 1. The summed E-state index contributed by atoms with van der Waals surface area (Å²) in [5, 5.41) is 13.6. The van der Waals surface area contributed by atoms with Gasteiger partial charge in [0, 0.05) is 6.20 Å². The quantitative estimate of drug-likeness (QED) is 0.203. The Morgan fingerprint density at radius 3 is 2.35 bits per heavy atom. The van der Waals surface area contributed by atoms with Crippen LogP contribution < -0.4 is 16.4 Å². The summed E-state index contributed by atoms with van der Waals surface area (Å²) in [6.07, 6.45) is -4.26. The van der Waals surface area contributed by atoms with Crippen molar-refractivity contribution in [3.8, 4) is 17.0 Å². The van der Waals surface area contributed by atoms with Crippen LogP contribution in [0, 0.1) is 11.6 Å². The molecule has 0 unspecified atom stereocenters. The van der Waals surface area contributed by atoms with E-state index >= 15 is 0 Å². The van der Waals surface area contributed by atoms with E-state index in [1.54, 1.807) is 5.32 Å². The fourth-order valence-electron chi connectivity index (χ4n) is 2.77. The average Bonchev–Trinajstić information content (AvgIpc) is 2.73. The van der Waals surface area contributed by atoms with E-state index in [-0.39, 0.29) is 22.0 Å². The number of amides is 3. The third-order valence-corrected chi connectivity index (χ3v) is 4.96. The van der Waals surface area contributed by atoms with Crippen molar-refractivity contribution in [1.82, 2.24) is 10.3 Å². The van der Waals surface area contributed by atoms with Gasteiger partial charge in [-0.15, -0.1) is 0 Å². The molecule has 0 saturated carbocycles. The van der Waals surface area contributed by atoms with Crippen LogP contribution in [0.4, 0.5) is 38.1 Å². The summed E-state index contributed by atoms with van der Waals surface area (Å²) in [7, 11) is 0. The van der Waals surface area contributed by atoms with Gasteiger partial charge in [0.2, 0.25) is 0 Å². The Morgan fingerprint density at radius 1 is 1.06 bits per heavy atom. The largest absolute Gasteiger partial charge is 0.505 e. The van der Waals surface area contributed by atoms with Crippen LogP contribution >= 0.6 is 23.2 Å². The van der Waals surface area contributed by atoms with Gasteiger partial charge >= 0.3 is 12.2 Å². The minimum atomic E-state index is -4.72. The van der Waals surface area contributed by atoms with Crippen LogP contribution in [-0.2, 0) is 6.18 Å². The number of halogens is 7. The summed E-state index contributed by atoms with van der Waals surface area (Å²) in [6, 6.07) is 3.10. The second-order valence-electron chi connectivity index (χ2n) is 6.60. The molecule has 3 amide bonds. The Kier molecular flexibility index (Phi) is 6.84. The highest BCUT2D eigenvalue weighted by molar-refractivity contribution is 6.36. The number of anilines is 2. The lowest BCUT2D eigenvalue weighted by Gasteiger charge is -2.15. The van der Waals surface area contributed by atoms with Crippen molar-refractivity contribution >= 4 is 46.5 Å². The first-order chi connectivity index (χ1) is 15.8. The number of phenols is 1. The minimum absolute atomic E-state index is 0.183. The Balaban J connectivity index is 1.89. The van der Waals surface area contributed by atoms with Crippen LogP contribution in [0.3, 0.4) is 0 Å². The number of nitrogens with one attached hydrogen (secondary N) is 2. The first-order valence-corrected chi connectivity index (χ1v) is 9.67. The highest BCUT2D eigenvalue weighted by Gasteiger charge is 2.32. The molecule has 5 N–H and O–H groups in total. The van der Waals surface area contributed by atoms with Gasteiger partial charge in [0.15, 0.2) is 5.82 Å². The lowest BCUT2D eigenvalue weighted by Crippen LogP contribution is -2.35. The van der Waals surface area contributed by atoms with Gasteiger partial charge in [-0.1, -0.05) is 23.2 Å². The molecule has 0 spiro atoms. The molecule has 1 heterocycles. The number of rotatable bonds is 3. The Labute approximate surface area is 197 Å². The van der Waals surface area contributed by atoms with Gasteiger partial charge in [-0.05, 0) is 30.3 Å². The second kappa shape index (κ2) is 9.31. The van der Waals surface area contributed by atoms with Crippen molar-refractivity contribution in [1.29, 1.82) is 0 Å². The molecule has 178 valence electrons. The summed E-state index contributed by atoms with van der Waals surface area (Å²) in [4.78, 5) is 27.9. The zero-order valence-corrected chi connectivity index (χ0v) is 17.9. The number of carbonyl (C=O) groups is 2. The molecular weight excluding hydrogens is 510 g/mol. The number of carbonyl (C=O) groups excluding carboxylic acids is 2. The van der Waals surface area contributed by atoms with Gasteiger partial charge in [0.1, 0.15) is 17.1 Å². The van der Waals surface area contributed by atoms with Gasteiger partial charge in [-0.3, -0.25) is 15.1 Å². The van der Waals surface area contributed by atoms with E-state index in [0.29, 0.717) is 12.3 Å². The van der Waals surface area contributed by atoms with Crippen molar-refractivity contribution in [2.45, 2.75) is 6.18 Å². The fraction of sp³-hybridized carbons (Fsp3) is 0.0500. The maximum atomic E-state index is 14.0. The number of alkyl halides is 3. The third-order valence-electron chi connectivity index (χ3n) is 4.36. The lowest BCUT2D eigenvalue weighted by molar-refractivity contribution is -0.137. The number of hydrogen-bond acceptors (Lipinski definition) is 5. The first-order valence-electron chi connectivity index (χ1n) is 8.91. The number of aromatic nitrogens is 1. The second-order valence-corrected chi connectivity index (χ2v) is 7.42. The summed E-state index contributed by atoms with van der Waals surface area (Å²) in [5.41, 5.74) is 1.46. The van der Waals surface area contributed by atoms with Crippen LogP contribution in [-0.4, -0.2) is 22.0 Å². The molecule has 7 nitrogen and oxygen atoms in total. The van der Waals surface area contributed by atoms with Crippen molar-refractivity contribution in [3.05, 3.63) is 69.3 Å². The molecule has 0 bridgehead atoms. The molecule has 0 fully saturated rings. The number of aromatic hydroxyl groups is 1. The smallest absolute Gasteiger partial charge is 0.417 e. The van der Waals surface area contributed by atoms with Crippen molar-refractivity contribution in [2.24, 2.45) is 0 Å². The molecule has 2 aromatic carbocycles. The van der Waals surface area contributed by atoms with Crippen LogP contribution in [0.15, 0.2) is 36.5 Å². The zero-order chi connectivity index (χ0) is 25.4. The number of nitrogens with two attached hydrogens (primary N) is 1. The van der Waals surface area contributed by atoms with Crippen LogP contribution in [0.2, 0.25) is 10.0 Å². The summed E-state index contributed by atoms with van der Waals surface area (Å²) in [5.74, 6) is -4.90. The van der Waals surface area contributed by atoms with E-state index in [1.807, 2.05) is 0 Å². The molecular formula is C20H11Cl2F5N4O3. The molecule has 34 heavy (non-hydrogen) atoms. The number of hydrogen-bond donors (Lipinski definition) is 4. The maximum absolute atomic E-state index is 14.0. The standard InChI is InChI=1S/C20H11Cl2F5N4O3/c21-8-1-4-12(17(32)13(8)16-9(22)5-7(6-29-16)20(25,26)27)30-19(34)31-18(33)14-10(23)2-3-11(28)15(14)24/h1-6,32H,28H2,(H2,30,31,33,34). The molecule has 0 saturated heterocycles. The van der Waals surface area contributed by atoms with Gasteiger partial charge in [0.05, 0.1) is 38.2 Å². The highest BCUT2D eigenvalue weighted by Crippen LogP contribution is 2.43. The predicted molar refractivity (Wildman–Crippen MR) is 114 cm³/mol. The van der Waals surface area contributed by atoms with Crippen molar-refractivity contribution in [3.63, 3.8) is 0 Å². The third kappa shape index (κ3) is 4.97. The zero-order valence-electron chi connectivity index (χ0n) is 16.4. The molecule has 0 atom stereocenters. The normalized spacial score (nSPS) is 11.3. The van der Waals surface area contributed by atoms with E-state index in [9.17, 15) is 36.6 Å². The number of pyridine rings is 1. The topological polar surface area (TPSA) is 117 Å². The minimum Gasteiger partial charge on any atom is -0.505 e. The van der Waals surface area contributed by atoms with Gasteiger partial charge in [-0.2, -0.15) is 13.2 Å². The van der Waals surface area contributed by atoms with E-state index in [2.05, 4.69) is 10.3 Å². The van der Waals surface area contributed by atoms with Crippen molar-refractivity contribution < 1.29 is 36.6 Å².